The predicted molar refractivity (Wildman–Crippen MR) is 144 cm³/mol. The summed E-state index contributed by atoms with van der Waals surface area (Å²) in [7, 11) is 0. The van der Waals surface area contributed by atoms with Crippen LogP contribution in [0.5, 0.6) is 0 Å². The topological polar surface area (TPSA) is 78.4 Å². The highest BCUT2D eigenvalue weighted by Crippen LogP contribution is 2.23. The lowest BCUT2D eigenvalue weighted by atomic mass is 10.0. The van der Waals surface area contributed by atoms with Gasteiger partial charge in [0.2, 0.25) is 5.91 Å². The summed E-state index contributed by atoms with van der Waals surface area (Å²) in [5, 5.41) is 13.8. The van der Waals surface area contributed by atoms with Crippen LogP contribution in [0.3, 0.4) is 0 Å². The number of anilines is 1. The Morgan fingerprint density at radius 2 is 1.78 bits per heavy atom. The molecule has 5 rings (SSSR count). The van der Waals surface area contributed by atoms with Gasteiger partial charge in [-0.2, -0.15) is 5.26 Å². The van der Waals surface area contributed by atoms with Crippen LogP contribution >= 0.6 is 0 Å². The third kappa shape index (κ3) is 5.79. The number of fused-ring (bicyclic) bond motifs is 1. The number of carbonyl (C=O) groups excluding carboxylic acids is 1. The van der Waals surface area contributed by atoms with Crippen molar-refractivity contribution >= 4 is 22.5 Å². The smallest absolute Gasteiger partial charge is 0.241 e. The van der Waals surface area contributed by atoms with E-state index in [1.54, 1.807) is 0 Å². The first-order chi connectivity index (χ1) is 17.7. The highest BCUT2D eigenvalue weighted by atomic mass is 16.2. The molecule has 2 N–H and O–H groups in total. The maximum Gasteiger partial charge on any atom is 0.241 e. The number of piperazine rings is 1. The van der Waals surface area contributed by atoms with Crippen molar-refractivity contribution in [2.75, 3.05) is 57.3 Å². The summed E-state index contributed by atoms with van der Waals surface area (Å²) in [6.45, 7) is 7.34. The number of aryl methyl sites for hydroxylation is 1. The van der Waals surface area contributed by atoms with E-state index in [1.165, 1.54) is 5.56 Å². The van der Waals surface area contributed by atoms with Crippen LogP contribution in [0.1, 0.15) is 30.4 Å². The molecule has 7 heteroatoms. The number of para-hydroxylation sites is 1. The lowest BCUT2D eigenvalue weighted by Crippen LogP contribution is -2.53. The van der Waals surface area contributed by atoms with Crippen LogP contribution in [0.15, 0.2) is 54.7 Å². The second-order valence-electron chi connectivity index (χ2n) is 9.99. The zero-order valence-corrected chi connectivity index (χ0v) is 21.0. The maximum absolute atomic E-state index is 13.5. The molecule has 0 aliphatic carbocycles. The molecule has 1 aromatic heterocycles. The molecule has 2 aliphatic rings. The van der Waals surface area contributed by atoms with E-state index in [0.29, 0.717) is 12.1 Å². The van der Waals surface area contributed by atoms with Gasteiger partial charge >= 0.3 is 0 Å². The standard InChI is InChI=1S/C29H36N6O/c30-20-23-8-9-28-27(19-23)24(21-32-28)5-4-14-33-15-17-34(18-16-33)22-29(36)35(25-6-2-1-3-7-25)26-10-12-31-13-11-26/h1-3,6-9,19,21,26,31-32H,4-5,10-18,22H2. The molecule has 0 bridgehead atoms. The molecular formula is C29H36N6O. The van der Waals surface area contributed by atoms with Crippen molar-refractivity contribution in [3.63, 3.8) is 0 Å². The van der Waals surface area contributed by atoms with Crippen LogP contribution in [0.2, 0.25) is 0 Å². The van der Waals surface area contributed by atoms with Gasteiger partial charge in [-0.1, -0.05) is 18.2 Å². The van der Waals surface area contributed by atoms with E-state index in [-0.39, 0.29) is 11.9 Å². The molecule has 2 aliphatic heterocycles. The average molecular weight is 485 g/mol. The van der Waals surface area contributed by atoms with Crippen LogP contribution in [0.4, 0.5) is 5.69 Å². The molecule has 3 heterocycles. The first-order valence-electron chi connectivity index (χ1n) is 13.2. The fraction of sp³-hybridized carbons (Fsp3) is 0.448. The third-order valence-corrected chi connectivity index (χ3v) is 7.62. The lowest BCUT2D eigenvalue weighted by molar-refractivity contribution is -0.120. The number of rotatable bonds is 8. The number of nitrogens with one attached hydrogen (secondary N) is 2. The van der Waals surface area contributed by atoms with Gasteiger partial charge in [-0.3, -0.25) is 9.69 Å². The number of aromatic amines is 1. The number of hydrogen-bond donors (Lipinski definition) is 2. The van der Waals surface area contributed by atoms with Crippen LogP contribution in [0.25, 0.3) is 10.9 Å². The Labute approximate surface area is 213 Å². The highest BCUT2D eigenvalue weighted by Gasteiger charge is 2.28. The second kappa shape index (κ2) is 11.7. The molecule has 7 nitrogen and oxygen atoms in total. The molecular weight excluding hydrogens is 448 g/mol. The van der Waals surface area contributed by atoms with Crippen molar-refractivity contribution in [2.24, 2.45) is 0 Å². The molecule has 2 saturated heterocycles. The van der Waals surface area contributed by atoms with E-state index < -0.39 is 0 Å². The molecule has 2 aromatic carbocycles. The summed E-state index contributed by atoms with van der Waals surface area (Å²) in [6, 6.07) is 18.5. The van der Waals surface area contributed by atoms with Gasteiger partial charge in [-0.05, 0) is 81.2 Å². The first-order valence-corrected chi connectivity index (χ1v) is 13.2. The monoisotopic (exact) mass is 484 g/mol. The molecule has 0 radical (unpaired) electrons. The summed E-state index contributed by atoms with van der Waals surface area (Å²) in [6.07, 6.45) is 6.16. The van der Waals surface area contributed by atoms with Gasteiger partial charge in [0.1, 0.15) is 0 Å². The predicted octanol–water partition coefficient (Wildman–Crippen LogP) is 3.37. The molecule has 36 heavy (non-hydrogen) atoms. The van der Waals surface area contributed by atoms with Gasteiger partial charge in [0.25, 0.3) is 0 Å². The normalized spacial score (nSPS) is 17.8. The molecule has 188 valence electrons. The summed E-state index contributed by atoms with van der Waals surface area (Å²) < 4.78 is 0. The molecule has 0 spiro atoms. The molecule has 0 unspecified atom stereocenters. The van der Waals surface area contributed by atoms with Gasteiger partial charge in [0, 0.05) is 55.0 Å². The SMILES string of the molecule is N#Cc1ccc2[nH]cc(CCCN3CCN(CC(=O)N(c4ccccc4)C4CCNCC4)CC3)c2c1. The van der Waals surface area contributed by atoms with Crippen molar-refractivity contribution in [1.29, 1.82) is 5.26 Å². The lowest BCUT2D eigenvalue weighted by Gasteiger charge is -2.38. The third-order valence-electron chi connectivity index (χ3n) is 7.62. The fourth-order valence-corrected chi connectivity index (χ4v) is 5.60. The highest BCUT2D eigenvalue weighted by molar-refractivity contribution is 5.95. The Hall–Kier alpha value is -3.18. The van der Waals surface area contributed by atoms with Crippen LogP contribution < -0.4 is 10.2 Å². The summed E-state index contributed by atoms with van der Waals surface area (Å²) >= 11 is 0. The quantitative estimate of drug-likeness (QED) is 0.513. The number of H-pyrrole nitrogens is 1. The van der Waals surface area contributed by atoms with E-state index in [2.05, 4.69) is 49.4 Å². The Balaban J connectivity index is 1.11. The van der Waals surface area contributed by atoms with Crippen LogP contribution in [-0.2, 0) is 11.2 Å². The van der Waals surface area contributed by atoms with Gasteiger partial charge in [-0.15, -0.1) is 0 Å². The number of amides is 1. The largest absolute Gasteiger partial charge is 0.361 e. The summed E-state index contributed by atoms with van der Waals surface area (Å²) in [5.41, 5.74) is 4.11. The first kappa shape index (κ1) is 24.5. The number of nitrogens with zero attached hydrogens (tertiary/aromatic N) is 4. The number of carbonyl (C=O) groups is 1. The second-order valence-corrected chi connectivity index (χ2v) is 9.99. The van der Waals surface area contributed by atoms with Crippen molar-refractivity contribution in [1.82, 2.24) is 20.1 Å². The number of benzene rings is 2. The van der Waals surface area contributed by atoms with Crippen molar-refractivity contribution in [3.8, 4) is 6.07 Å². The maximum atomic E-state index is 13.5. The fourth-order valence-electron chi connectivity index (χ4n) is 5.60. The van der Waals surface area contributed by atoms with Crippen molar-refractivity contribution < 1.29 is 4.79 Å². The Kier molecular flexibility index (Phi) is 7.97. The molecule has 0 saturated carbocycles. The summed E-state index contributed by atoms with van der Waals surface area (Å²) in [4.78, 5) is 23.7. The van der Waals surface area contributed by atoms with E-state index in [4.69, 9.17) is 0 Å². The molecule has 3 aromatic rings. The van der Waals surface area contributed by atoms with Crippen LogP contribution in [-0.4, -0.2) is 79.1 Å². The van der Waals surface area contributed by atoms with E-state index in [0.717, 1.165) is 88.1 Å². The number of aromatic nitrogens is 1. The number of piperidine rings is 1. The van der Waals surface area contributed by atoms with Crippen LogP contribution in [0, 0.1) is 11.3 Å². The Morgan fingerprint density at radius 3 is 2.53 bits per heavy atom. The number of hydrogen-bond acceptors (Lipinski definition) is 5. The van der Waals surface area contributed by atoms with Gasteiger partial charge in [-0.25, -0.2) is 0 Å². The molecule has 0 atom stereocenters. The van der Waals surface area contributed by atoms with Gasteiger partial charge in [0.15, 0.2) is 0 Å². The van der Waals surface area contributed by atoms with Gasteiger partial charge in [0.05, 0.1) is 18.2 Å². The van der Waals surface area contributed by atoms with Gasteiger partial charge < -0.3 is 20.1 Å². The van der Waals surface area contributed by atoms with Crippen molar-refractivity contribution in [2.45, 2.75) is 31.7 Å². The minimum absolute atomic E-state index is 0.220. The minimum Gasteiger partial charge on any atom is -0.361 e. The Bertz CT molecular complexity index is 1190. The van der Waals surface area contributed by atoms with Crippen molar-refractivity contribution in [3.05, 3.63) is 65.9 Å². The van der Waals surface area contributed by atoms with E-state index in [1.807, 2.05) is 36.4 Å². The minimum atomic E-state index is 0.220. The summed E-state index contributed by atoms with van der Waals surface area (Å²) in [5.74, 6) is 0.220. The average Bonchev–Trinajstić information content (AvgIpc) is 3.33. The zero-order chi connectivity index (χ0) is 24.7. The molecule has 1 amide bonds. The van der Waals surface area contributed by atoms with E-state index in [9.17, 15) is 10.1 Å². The zero-order valence-electron chi connectivity index (χ0n) is 21.0. The molecule has 2 fully saturated rings. The van der Waals surface area contributed by atoms with E-state index >= 15 is 0 Å². The Morgan fingerprint density at radius 1 is 1.03 bits per heavy atom. The number of nitriles is 1.